The van der Waals surface area contributed by atoms with E-state index in [9.17, 15) is 19.7 Å². The second-order valence-electron chi connectivity index (χ2n) is 6.70. The van der Waals surface area contributed by atoms with Crippen molar-refractivity contribution in [2.75, 3.05) is 18.6 Å². The SMILES string of the molecule is COC(=O)CC1CCCN(C(=O)c2ccc([N+](=O)[O-])cc2Cl)c2ccc(Cl)cc21. The number of ether oxygens (including phenoxy) is 1. The molecule has 0 fully saturated rings. The smallest absolute Gasteiger partial charge is 0.306 e. The second kappa shape index (κ2) is 8.80. The lowest BCUT2D eigenvalue weighted by Gasteiger charge is -2.24. The number of anilines is 1. The minimum absolute atomic E-state index is 0.00933. The number of esters is 1. The summed E-state index contributed by atoms with van der Waals surface area (Å²) in [5.74, 6) is -0.840. The molecule has 0 saturated heterocycles. The largest absolute Gasteiger partial charge is 0.469 e. The number of non-ortho nitro benzene ring substituents is 1. The van der Waals surface area contributed by atoms with Crippen LogP contribution in [0, 0.1) is 10.1 Å². The average molecular weight is 437 g/mol. The number of halogens is 2. The molecule has 1 aliphatic rings. The van der Waals surface area contributed by atoms with Gasteiger partial charge in [0.05, 0.1) is 29.0 Å². The number of carbonyl (C=O) groups excluding carboxylic acids is 2. The Morgan fingerprint density at radius 3 is 2.66 bits per heavy atom. The zero-order chi connectivity index (χ0) is 21.1. The summed E-state index contributed by atoms with van der Waals surface area (Å²) in [6.07, 6.45) is 1.52. The van der Waals surface area contributed by atoms with Gasteiger partial charge >= 0.3 is 5.97 Å². The normalized spacial score (nSPS) is 16.0. The lowest BCUT2D eigenvalue weighted by atomic mass is 9.91. The number of amides is 1. The van der Waals surface area contributed by atoms with Gasteiger partial charge in [0.15, 0.2) is 0 Å². The van der Waals surface area contributed by atoms with Gasteiger partial charge in [-0.3, -0.25) is 19.7 Å². The predicted octanol–water partition coefficient (Wildman–Crippen LogP) is 4.99. The van der Waals surface area contributed by atoms with Gasteiger partial charge < -0.3 is 9.64 Å². The molecule has 0 bridgehead atoms. The molecule has 0 radical (unpaired) electrons. The first-order valence-corrected chi connectivity index (χ1v) is 9.69. The van der Waals surface area contributed by atoms with E-state index >= 15 is 0 Å². The fraction of sp³-hybridized carbons (Fsp3) is 0.300. The molecule has 0 N–H and O–H groups in total. The van der Waals surface area contributed by atoms with E-state index in [1.807, 2.05) is 0 Å². The third-order valence-electron chi connectivity index (χ3n) is 4.93. The minimum atomic E-state index is -0.569. The molecule has 7 nitrogen and oxygen atoms in total. The Morgan fingerprint density at radius 2 is 2.00 bits per heavy atom. The highest BCUT2D eigenvalue weighted by Gasteiger charge is 2.30. The summed E-state index contributed by atoms with van der Waals surface area (Å²) in [7, 11) is 1.34. The zero-order valence-electron chi connectivity index (χ0n) is 15.6. The Bertz CT molecular complexity index is 979. The van der Waals surface area contributed by atoms with Gasteiger partial charge in [-0.1, -0.05) is 23.2 Å². The molecular formula is C20H18Cl2N2O5. The summed E-state index contributed by atoms with van der Waals surface area (Å²) in [6, 6.07) is 8.95. The van der Waals surface area contributed by atoms with Crippen LogP contribution in [0.1, 0.15) is 41.1 Å². The highest BCUT2D eigenvalue weighted by molar-refractivity contribution is 6.35. The second-order valence-corrected chi connectivity index (χ2v) is 7.54. The minimum Gasteiger partial charge on any atom is -0.469 e. The van der Waals surface area contributed by atoms with E-state index in [2.05, 4.69) is 0 Å². The van der Waals surface area contributed by atoms with Gasteiger partial charge in [-0.15, -0.1) is 0 Å². The van der Waals surface area contributed by atoms with Crippen LogP contribution in [0.2, 0.25) is 10.0 Å². The van der Waals surface area contributed by atoms with Gasteiger partial charge in [0.25, 0.3) is 11.6 Å². The molecule has 29 heavy (non-hydrogen) atoms. The molecule has 1 unspecified atom stereocenters. The van der Waals surface area contributed by atoms with E-state index in [-0.39, 0.29) is 40.5 Å². The highest BCUT2D eigenvalue weighted by Crippen LogP contribution is 2.39. The molecule has 2 aromatic rings. The van der Waals surface area contributed by atoms with Gasteiger partial charge in [-0.05, 0) is 48.6 Å². The highest BCUT2D eigenvalue weighted by atomic mass is 35.5. The third kappa shape index (κ3) is 4.52. The van der Waals surface area contributed by atoms with Crippen molar-refractivity contribution in [1.82, 2.24) is 0 Å². The summed E-state index contributed by atoms with van der Waals surface area (Å²) in [6.45, 7) is 0.415. The van der Waals surface area contributed by atoms with Crippen LogP contribution < -0.4 is 4.90 Å². The van der Waals surface area contributed by atoms with Crippen molar-refractivity contribution in [2.45, 2.75) is 25.2 Å². The average Bonchev–Trinajstić information content (AvgIpc) is 2.86. The predicted molar refractivity (Wildman–Crippen MR) is 110 cm³/mol. The number of carbonyl (C=O) groups is 2. The summed E-state index contributed by atoms with van der Waals surface area (Å²) in [5, 5.41) is 11.4. The molecule has 1 amide bonds. The van der Waals surface area contributed by atoms with Crippen LogP contribution in [0.4, 0.5) is 11.4 Å². The quantitative estimate of drug-likeness (QED) is 0.382. The van der Waals surface area contributed by atoms with Crippen molar-refractivity contribution >= 4 is 46.5 Å². The van der Waals surface area contributed by atoms with Crippen LogP contribution in [0.25, 0.3) is 0 Å². The Labute approximate surface area is 177 Å². The number of methoxy groups -OCH3 is 1. The maximum absolute atomic E-state index is 13.2. The monoisotopic (exact) mass is 436 g/mol. The van der Waals surface area contributed by atoms with Crippen LogP contribution in [0.15, 0.2) is 36.4 Å². The van der Waals surface area contributed by atoms with Crippen LogP contribution in [-0.4, -0.2) is 30.5 Å². The van der Waals surface area contributed by atoms with Gasteiger partial charge in [-0.2, -0.15) is 0 Å². The van der Waals surface area contributed by atoms with E-state index < -0.39 is 4.92 Å². The summed E-state index contributed by atoms with van der Waals surface area (Å²) >= 11 is 12.3. The van der Waals surface area contributed by atoms with Crippen molar-refractivity contribution in [1.29, 1.82) is 0 Å². The molecule has 0 spiro atoms. The van der Waals surface area contributed by atoms with Crippen LogP contribution >= 0.6 is 23.2 Å². The maximum Gasteiger partial charge on any atom is 0.306 e. The number of nitro benzene ring substituents is 1. The van der Waals surface area contributed by atoms with Gasteiger partial charge in [0, 0.05) is 29.4 Å². The van der Waals surface area contributed by atoms with Gasteiger partial charge in [0.2, 0.25) is 0 Å². The Morgan fingerprint density at radius 1 is 1.24 bits per heavy atom. The fourth-order valence-corrected chi connectivity index (χ4v) is 3.95. The Balaban J connectivity index is 2.01. The number of benzene rings is 2. The molecule has 0 aliphatic carbocycles. The lowest BCUT2D eigenvalue weighted by molar-refractivity contribution is -0.384. The maximum atomic E-state index is 13.2. The lowest BCUT2D eigenvalue weighted by Crippen LogP contribution is -2.32. The van der Waals surface area contributed by atoms with Gasteiger partial charge in [0.1, 0.15) is 0 Å². The fourth-order valence-electron chi connectivity index (χ4n) is 3.51. The number of nitro groups is 1. The molecule has 0 saturated carbocycles. The van der Waals surface area contributed by atoms with Crippen molar-refractivity contribution < 1.29 is 19.2 Å². The van der Waals surface area contributed by atoms with Crippen molar-refractivity contribution in [3.8, 4) is 0 Å². The van der Waals surface area contributed by atoms with Crippen molar-refractivity contribution in [3.63, 3.8) is 0 Å². The third-order valence-corrected chi connectivity index (χ3v) is 5.48. The molecule has 152 valence electrons. The van der Waals surface area contributed by atoms with Crippen LogP contribution in [-0.2, 0) is 9.53 Å². The number of fused-ring (bicyclic) bond motifs is 1. The summed E-state index contributed by atoms with van der Waals surface area (Å²) < 4.78 is 4.80. The molecule has 1 aliphatic heterocycles. The Kier molecular flexibility index (Phi) is 6.39. The first-order chi connectivity index (χ1) is 13.8. The molecule has 1 heterocycles. The topological polar surface area (TPSA) is 89.8 Å². The van der Waals surface area contributed by atoms with E-state index in [1.165, 1.54) is 19.2 Å². The van der Waals surface area contributed by atoms with Crippen LogP contribution in [0.5, 0.6) is 0 Å². The summed E-state index contributed by atoms with van der Waals surface area (Å²) in [4.78, 5) is 37.0. The van der Waals surface area contributed by atoms with Crippen LogP contribution in [0.3, 0.4) is 0 Å². The summed E-state index contributed by atoms with van der Waals surface area (Å²) in [5.41, 5.74) is 1.41. The van der Waals surface area contributed by atoms with Crippen molar-refractivity contribution in [3.05, 3.63) is 67.7 Å². The van der Waals surface area contributed by atoms with E-state index in [4.69, 9.17) is 27.9 Å². The number of hydrogen-bond donors (Lipinski definition) is 0. The van der Waals surface area contributed by atoms with Gasteiger partial charge in [-0.25, -0.2) is 0 Å². The zero-order valence-corrected chi connectivity index (χ0v) is 17.1. The molecule has 0 aromatic heterocycles. The molecule has 1 atom stereocenters. The Hall–Kier alpha value is -2.64. The van der Waals surface area contributed by atoms with E-state index in [1.54, 1.807) is 23.1 Å². The first-order valence-electron chi connectivity index (χ1n) is 8.94. The van der Waals surface area contributed by atoms with E-state index in [0.29, 0.717) is 30.1 Å². The number of hydrogen-bond acceptors (Lipinski definition) is 5. The molecule has 9 heteroatoms. The standard InChI is InChI=1S/C20H18Cl2N2O5/c1-29-19(25)9-12-3-2-8-23(18-7-4-13(21)10-16(12)18)20(26)15-6-5-14(24(27)28)11-17(15)22/h4-7,10-12H,2-3,8-9H2,1H3. The number of rotatable bonds is 4. The van der Waals surface area contributed by atoms with Crippen molar-refractivity contribution in [2.24, 2.45) is 0 Å². The molecule has 2 aromatic carbocycles. The molecular weight excluding hydrogens is 419 g/mol. The van der Waals surface area contributed by atoms with E-state index in [0.717, 1.165) is 11.6 Å². The first kappa shape index (κ1) is 21.1. The molecule has 3 rings (SSSR count). The number of nitrogens with zero attached hydrogens (tertiary/aromatic N) is 2.